The van der Waals surface area contributed by atoms with Gasteiger partial charge in [0.1, 0.15) is 17.5 Å². The Morgan fingerprint density at radius 3 is 2.59 bits per heavy atom. The van der Waals surface area contributed by atoms with Crippen molar-refractivity contribution in [3.8, 4) is 0 Å². The predicted octanol–water partition coefficient (Wildman–Crippen LogP) is 5.01. The fourth-order valence-corrected chi connectivity index (χ4v) is 4.80. The Hall–Kier alpha value is -2.10. The molecule has 2 aromatic rings. The van der Waals surface area contributed by atoms with E-state index in [-0.39, 0.29) is 5.41 Å². The van der Waals surface area contributed by atoms with E-state index in [2.05, 4.69) is 54.4 Å². The summed E-state index contributed by atoms with van der Waals surface area (Å²) in [6, 6.07) is 11.6. The van der Waals surface area contributed by atoms with Gasteiger partial charge < -0.3 is 10.2 Å². The molecule has 0 radical (unpaired) electrons. The van der Waals surface area contributed by atoms with Gasteiger partial charge in [-0.3, -0.25) is 0 Å². The molecule has 2 heterocycles. The normalized spacial score (nSPS) is 21.9. The van der Waals surface area contributed by atoms with Crippen LogP contribution in [0.15, 0.2) is 30.3 Å². The smallest absolute Gasteiger partial charge is 0.136 e. The zero-order valence-corrected chi connectivity index (χ0v) is 16.5. The van der Waals surface area contributed by atoms with Crippen LogP contribution in [0.2, 0.25) is 0 Å². The molecule has 2 fully saturated rings. The monoisotopic (exact) mass is 362 g/mol. The lowest BCUT2D eigenvalue weighted by Gasteiger charge is -2.40. The largest absolute Gasteiger partial charge is 0.367 e. The average molecular weight is 363 g/mol. The van der Waals surface area contributed by atoms with Crippen LogP contribution < -0.4 is 10.2 Å². The Morgan fingerprint density at radius 1 is 1.04 bits per heavy atom. The minimum absolute atomic E-state index is 0.124. The maximum Gasteiger partial charge on any atom is 0.136 e. The van der Waals surface area contributed by atoms with Gasteiger partial charge in [-0.15, -0.1) is 0 Å². The van der Waals surface area contributed by atoms with Crippen LogP contribution in [-0.2, 0) is 12.0 Å². The average Bonchev–Trinajstić information content (AvgIpc) is 3.39. The summed E-state index contributed by atoms with van der Waals surface area (Å²) in [5.74, 6) is 3.74. The number of rotatable bonds is 4. The van der Waals surface area contributed by atoms with Gasteiger partial charge in [-0.05, 0) is 36.8 Å². The molecule has 1 N–H and O–H groups in total. The highest BCUT2D eigenvalue weighted by Crippen LogP contribution is 2.41. The molecule has 2 saturated carbocycles. The van der Waals surface area contributed by atoms with Gasteiger partial charge >= 0.3 is 0 Å². The van der Waals surface area contributed by atoms with Crippen molar-refractivity contribution >= 4 is 11.6 Å². The second-order valence-electron chi connectivity index (χ2n) is 9.27. The third kappa shape index (κ3) is 3.42. The summed E-state index contributed by atoms with van der Waals surface area (Å²) in [6.45, 7) is 6.62. The van der Waals surface area contributed by atoms with Gasteiger partial charge in [-0.25, -0.2) is 9.97 Å². The molecule has 3 aliphatic rings. The topological polar surface area (TPSA) is 41.0 Å². The van der Waals surface area contributed by atoms with Crippen molar-refractivity contribution in [1.29, 1.82) is 0 Å². The quantitative estimate of drug-likeness (QED) is 0.830. The Bertz CT molecular complexity index is 834. The highest BCUT2D eigenvalue weighted by Gasteiger charge is 2.34. The molecular formula is C23H30N4. The van der Waals surface area contributed by atoms with Crippen molar-refractivity contribution in [2.24, 2.45) is 0 Å². The van der Waals surface area contributed by atoms with Crippen LogP contribution in [0.5, 0.6) is 0 Å². The van der Waals surface area contributed by atoms with Crippen LogP contribution in [-0.4, -0.2) is 22.6 Å². The van der Waals surface area contributed by atoms with Crippen molar-refractivity contribution in [2.45, 2.75) is 76.3 Å². The summed E-state index contributed by atoms with van der Waals surface area (Å²) in [5, 5.41) is 3.71. The number of fused-ring (bicyclic) bond motifs is 1. The first-order valence-electron chi connectivity index (χ1n) is 10.6. The highest BCUT2D eigenvalue weighted by atomic mass is 15.2. The van der Waals surface area contributed by atoms with E-state index in [1.165, 1.54) is 49.7 Å². The fraction of sp³-hybridized carbons (Fsp3) is 0.565. The van der Waals surface area contributed by atoms with Crippen molar-refractivity contribution in [3.05, 3.63) is 47.3 Å². The van der Waals surface area contributed by atoms with E-state index < -0.39 is 0 Å². The minimum Gasteiger partial charge on any atom is -0.367 e. The van der Waals surface area contributed by atoms with Crippen molar-refractivity contribution in [3.63, 3.8) is 0 Å². The molecule has 142 valence electrons. The SMILES string of the molecule is CC1(C)CN(c2cc(NC3CCCC3)nc(C3CC3)n2)Cc2ccccc21. The Kier molecular flexibility index (Phi) is 4.10. The third-order valence-electron chi connectivity index (χ3n) is 6.40. The number of anilines is 2. The summed E-state index contributed by atoms with van der Waals surface area (Å²) in [5.41, 5.74) is 3.02. The molecule has 4 nitrogen and oxygen atoms in total. The molecule has 0 atom stereocenters. The molecule has 1 aromatic heterocycles. The van der Waals surface area contributed by atoms with Crippen LogP contribution in [0, 0.1) is 0 Å². The number of hydrogen-bond donors (Lipinski definition) is 1. The van der Waals surface area contributed by atoms with Crippen molar-refractivity contribution < 1.29 is 0 Å². The number of nitrogens with zero attached hydrogens (tertiary/aromatic N) is 3. The molecule has 0 bridgehead atoms. The second kappa shape index (κ2) is 6.50. The van der Waals surface area contributed by atoms with Crippen molar-refractivity contribution in [2.75, 3.05) is 16.8 Å². The van der Waals surface area contributed by atoms with Gasteiger partial charge in [0.05, 0.1) is 0 Å². The third-order valence-corrected chi connectivity index (χ3v) is 6.40. The lowest BCUT2D eigenvalue weighted by molar-refractivity contribution is 0.474. The molecule has 1 aliphatic heterocycles. The Balaban J connectivity index is 1.48. The zero-order chi connectivity index (χ0) is 18.4. The summed E-state index contributed by atoms with van der Waals surface area (Å²) >= 11 is 0. The first-order chi connectivity index (χ1) is 13.1. The maximum atomic E-state index is 5.01. The van der Waals surface area contributed by atoms with Gasteiger partial charge in [0.2, 0.25) is 0 Å². The van der Waals surface area contributed by atoms with Gasteiger partial charge in [0.15, 0.2) is 0 Å². The van der Waals surface area contributed by atoms with Gasteiger partial charge in [-0.2, -0.15) is 0 Å². The van der Waals surface area contributed by atoms with Gasteiger partial charge in [0.25, 0.3) is 0 Å². The lowest BCUT2D eigenvalue weighted by atomic mass is 9.78. The van der Waals surface area contributed by atoms with Crippen LogP contribution in [0.4, 0.5) is 11.6 Å². The van der Waals surface area contributed by atoms with Crippen LogP contribution in [0.1, 0.15) is 75.2 Å². The standard InChI is InChI=1S/C23H30N4/c1-23(2)15-27(14-17-7-3-6-10-19(17)23)21-13-20(24-18-8-4-5-9-18)25-22(26-21)16-11-12-16/h3,6-7,10,13,16,18H,4-5,8-9,11-12,14-15H2,1-2H3,(H,24,25,26). The summed E-state index contributed by atoms with van der Waals surface area (Å²) in [4.78, 5) is 12.3. The highest BCUT2D eigenvalue weighted by molar-refractivity contribution is 5.54. The molecule has 2 aliphatic carbocycles. The molecule has 1 aromatic carbocycles. The second-order valence-corrected chi connectivity index (χ2v) is 9.27. The summed E-state index contributed by atoms with van der Waals surface area (Å²) < 4.78 is 0. The number of benzene rings is 1. The molecule has 4 heteroatoms. The van der Waals surface area contributed by atoms with Crippen molar-refractivity contribution in [1.82, 2.24) is 9.97 Å². The number of nitrogens with one attached hydrogen (secondary N) is 1. The van der Waals surface area contributed by atoms with Crippen LogP contribution in [0.25, 0.3) is 0 Å². The molecule has 0 spiro atoms. The van der Waals surface area contributed by atoms with E-state index in [0.717, 1.165) is 30.5 Å². The summed E-state index contributed by atoms with van der Waals surface area (Å²) in [7, 11) is 0. The summed E-state index contributed by atoms with van der Waals surface area (Å²) in [6.07, 6.45) is 7.68. The molecule has 0 amide bonds. The zero-order valence-electron chi connectivity index (χ0n) is 16.5. The number of aromatic nitrogens is 2. The first-order valence-corrected chi connectivity index (χ1v) is 10.6. The Morgan fingerprint density at radius 2 is 1.81 bits per heavy atom. The first kappa shape index (κ1) is 17.0. The number of hydrogen-bond acceptors (Lipinski definition) is 4. The van der Waals surface area contributed by atoms with E-state index in [0.29, 0.717) is 12.0 Å². The fourth-order valence-electron chi connectivity index (χ4n) is 4.80. The van der Waals surface area contributed by atoms with E-state index in [1.807, 2.05) is 0 Å². The molecule has 0 unspecified atom stereocenters. The van der Waals surface area contributed by atoms with E-state index in [9.17, 15) is 0 Å². The maximum absolute atomic E-state index is 5.01. The molecular weight excluding hydrogens is 332 g/mol. The predicted molar refractivity (Wildman–Crippen MR) is 110 cm³/mol. The van der Waals surface area contributed by atoms with Gasteiger partial charge in [-0.1, -0.05) is 51.0 Å². The van der Waals surface area contributed by atoms with E-state index >= 15 is 0 Å². The minimum atomic E-state index is 0.124. The van der Waals surface area contributed by atoms with E-state index in [4.69, 9.17) is 9.97 Å². The Labute approximate surface area is 162 Å². The van der Waals surface area contributed by atoms with Gasteiger partial charge in [0, 0.05) is 36.5 Å². The molecule has 27 heavy (non-hydrogen) atoms. The van der Waals surface area contributed by atoms with Crippen LogP contribution in [0.3, 0.4) is 0 Å². The van der Waals surface area contributed by atoms with Crippen LogP contribution >= 0.6 is 0 Å². The lowest BCUT2D eigenvalue weighted by Crippen LogP contribution is -2.42. The molecule has 0 saturated heterocycles. The molecule has 5 rings (SSSR count). The van der Waals surface area contributed by atoms with E-state index in [1.54, 1.807) is 0 Å².